The van der Waals surface area contributed by atoms with Crippen molar-refractivity contribution in [3.05, 3.63) is 84.4 Å². The van der Waals surface area contributed by atoms with Crippen LogP contribution >= 0.6 is 0 Å². The summed E-state index contributed by atoms with van der Waals surface area (Å²) in [6, 6.07) is 25.9. The number of hydrogen-bond donors (Lipinski definition) is 0. The first-order valence-corrected chi connectivity index (χ1v) is 8.49. The van der Waals surface area contributed by atoms with Crippen LogP contribution in [0.15, 0.2) is 78.9 Å². The summed E-state index contributed by atoms with van der Waals surface area (Å²) in [5.41, 5.74) is 4.02. The summed E-state index contributed by atoms with van der Waals surface area (Å²) < 4.78 is 10.5. The molecule has 0 spiro atoms. The second-order valence-electron chi connectivity index (χ2n) is 5.79. The van der Waals surface area contributed by atoms with Gasteiger partial charge in [0, 0.05) is 23.1 Å². The van der Waals surface area contributed by atoms with E-state index in [1.807, 2.05) is 78.9 Å². The lowest BCUT2D eigenvalue weighted by molar-refractivity contribution is 0.415. The maximum atomic E-state index is 8.69. The number of nitriles is 1. The lowest BCUT2D eigenvalue weighted by Gasteiger charge is -2.26. The molecule has 0 saturated heterocycles. The summed E-state index contributed by atoms with van der Waals surface area (Å²) in [6.07, 6.45) is 3.26. The Hall–Kier alpha value is -3.71. The van der Waals surface area contributed by atoms with Gasteiger partial charge in [-0.15, -0.1) is 0 Å². The zero-order chi connectivity index (χ0) is 19.1. The fourth-order valence-corrected chi connectivity index (χ4v) is 2.78. The largest absolute Gasteiger partial charge is 0.497 e. The van der Waals surface area contributed by atoms with Gasteiger partial charge in [-0.25, -0.2) is 0 Å². The van der Waals surface area contributed by atoms with E-state index in [1.165, 1.54) is 6.08 Å². The molecule has 3 aromatic rings. The number of benzene rings is 3. The second kappa shape index (κ2) is 8.59. The van der Waals surface area contributed by atoms with Crippen molar-refractivity contribution in [3.8, 4) is 17.6 Å². The van der Waals surface area contributed by atoms with Crippen LogP contribution < -0.4 is 14.4 Å². The molecule has 0 unspecified atom stereocenters. The molecule has 0 aliphatic rings. The molecule has 4 nitrogen and oxygen atoms in total. The lowest BCUT2D eigenvalue weighted by atomic mass is 10.1. The van der Waals surface area contributed by atoms with E-state index in [0.717, 1.165) is 34.1 Å². The molecule has 0 aliphatic carbocycles. The monoisotopic (exact) mass is 356 g/mol. The van der Waals surface area contributed by atoms with Crippen molar-refractivity contribution in [2.24, 2.45) is 0 Å². The summed E-state index contributed by atoms with van der Waals surface area (Å²) in [5.74, 6) is 1.62. The molecule has 134 valence electrons. The van der Waals surface area contributed by atoms with Crippen LogP contribution in [0.4, 0.5) is 17.1 Å². The first-order chi connectivity index (χ1) is 13.2. The molecular formula is C23H20N2O2. The molecule has 0 amide bonds. The highest BCUT2D eigenvalue weighted by molar-refractivity contribution is 5.77. The van der Waals surface area contributed by atoms with Gasteiger partial charge in [0.15, 0.2) is 0 Å². The highest BCUT2D eigenvalue weighted by Gasteiger charge is 2.12. The van der Waals surface area contributed by atoms with Gasteiger partial charge >= 0.3 is 0 Å². The van der Waals surface area contributed by atoms with Crippen molar-refractivity contribution in [2.45, 2.75) is 0 Å². The summed E-state index contributed by atoms with van der Waals surface area (Å²) >= 11 is 0. The SMILES string of the molecule is COc1ccc(N(c2ccc(/C=C/C#N)cc2)c2ccc(OC)cc2)cc1. The third kappa shape index (κ3) is 4.28. The van der Waals surface area contributed by atoms with E-state index in [0.29, 0.717) is 0 Å². The predicted octanol–water partition coefficient (Wildman–Crippen LogP) is 5.71. The van der Waals surface area contributed by atoms with Gasteiger partial charge in [0.25, 0.3) is 0 Å². The Morgan fingerprint density at radius 2 is 1.11 bits per heavy atom. The predicted molar refractivity (Wildman–Crippen MR) is 109 cm³/mol. The van der Waals surface area contributed by atoms with Gasteiger partial charge < -0.3 is 14.4 Å². The van der Waals surface area contributed by atoms with Crippen molar-refractivity contribution in [1.29, 1.82) is 5.26 Å². The van der Waals surface area contributed by atoms with Gasteiger partial charge in [-0.1, -0.05) is 12.1 Å². The fourth-order valence-electron chi connectivity index (χ4n) is 2.78. The molecule has 27 heavy (non-hydrogen) atoms. The average Bonchev–Trinajstić information content (AvgIpc) is 2.74. The molecule has 4 heteroatoms. The molecule has 0 bridgehead atoms. The smallest absolute Gasteiger partial charge is 0.119 e. The number of nitrogens with zero attached hydrogens (tertiary/aromatic N) is 2. The molecule has 0 aromatic heterocycles. The molecule has 0 radical (unpaired) electrons. The van der Waals surface area contributed by atoms with Gasteiger partial charge in [0.1, 0.15) is 11.5 Å². The normalized spacial score (nSPS) is 10.4. The number of ether oxygens (including phenoxy) is 2. The Morgan fingerprint density at radius 1 is 0.704 bits per heavy atom. The third-order valence-corrected chi connectivity index (χ3v) is 4.16. The Labute approximate surface area is 159 Å². The van der Waals surface area contributed by atoms with E-state index < -0.39 is 0 Å². The Bertz CT molecular complexity index is 890. The summed E-state index contributed by atoms with van der Waals surface area (Å²) in [6.45, 7) is 0. The minimum atomic E-state index is 0.811. The summed E-state index contributed by atoms with van der Waals surface area (Å²) in [5, 5.41) is 8.69. The minimum absolute atomic E-state index is 0.811. The van der Waals surface area contributed by atoms with Crippen LogP contribution in [0.5, 0.6) is 11.5 Å². The van der Waals surface area contributed by atoms with Crippen molar-refractivity contribution < 1.29 is 9.47 Å². The first kappa shape index (κ1) is 18.1. The molecule has 0 fully saturated rings. The number of hydrogen-bond acceptors (Lipinski definition) is 4. The summed E-state index contributed by atoms with van der Waals surface area (Å²) in [7, 11) is 3.31. The van der Waals surface area contributed by atoms with E-state index in [9.17, 15) is 0 Å². The number of anilines is 3. The van der Waals surface area contributed by atoms with Crippen molar-refractivity contribution in [2.75, 3.05) is 19.1 Å². The van der Waals surface area contributed by atoms with Crippen molar-refractivity contribution >= 4 is 23.1 Å². The maximum Gasteiger partial charge on any atom is 0.119 e. The second-order valence-corrected chi connectivity index (χ2v) is 5.79. The van der Waals surface area contributed by atoms with Gasteiger partial charge in [-0.2, -0.15) is 5.26 Å². The van der Waals surface area contributed by atoms with E-state index >= 15 is 0 Å². The maximum absolute atomic E-state index is 8.69. The average molecular weight is 356 g/mol. The molecule has 0 heterocycles. The zero-order valence-corrected chi connectivity index (χ0v) is 15.3. The minimum Gasteiger partial charge on any atom is -0.497 e. The molecule has 3 aromatic carbocycles. The van der Waals surface area contributed by atoms with Gasteiger partial charge in [0.2, 0.25) is 0 Å². The quantitative estimate of drug-likeness (QED) is 0.531. The van der Waals surface area contributed by atoms with Crippen LogP contribution in [-0.4, -0.2) is 14.2 Å². The van der Waals surface area contributed by atoms with E-state index in [-0.39, 0.29) is 0 Å². The van der Waals surface area contributed by atoms with Gasteiger partial charge in [0.05, 0.1) is 20.3 Å². The highest BCUT2D eigenvalue weighted by Crippen LogP contribution is 2.36. The van der Waals surface area contributed by atoms with E-state index in [2.05, 4.69) is 4.90 Å². The summed E-state index contributed by atoms with van der Waals surface area (Å²) in [4.78, 5) is 2.15. The molecular weight excluding hydrogens is 336 g/mol. The zero-order valence-electron chi connectivity index (χ0n) is 15.3. The topological polar surface area (TPSA) is 45.5 Å². The molecule has 3 rings (SSSR count). The lowest BCUT2D eigenvalue weighted by Crippen LogP contribution is -2.09. The fraction of sp³-hybridized carbons (Fsp3) is 0.0870. The van der Waals surface area contributed by atoms with Gasteiger partial charge in [-0.05, 0) is 72.3 Å². The number of methoxy groups -OCH3 is 2. The third-order valence-electron chi connectivity index (χ3n) is 4.16. The Morgan fingerprint density at radius 3 is 1.48 bits per heavy atom. The standard InChI is InChI=1S/C23H20N2O2/c1-26-22-13-9-20(10-14-22)25(21-11-15-23(27-2)16-12-21)19-7-5-18(6-8-19)4-3-17-24/h3-16H,1-2H3/b4-3+. The van der Waals surface area contributed by atoms with E-state index in [4.69, 9.17) is 14.7 Å². The van der Waals surface area contributed by atoms with Gasteiger partial charge in [-0.3, -0.25) is 0 Å². The van der Waals surface area contributed by atoms with Crippen LogP contribution in [0.3, 0.4) is 0 Å². The Kier molecular flexibility index (Phi) is 5.76. The van der Waals surface area contributed by atoms with Crippen LogP contribution in [0.1, 0.15) is 5.56 Å². The molecule has 0 saturated carbocycles. The van der Waals surface area contributed by atoms with Crippen molar-refractivity contribution in [1.82, 2.24) is 0 Å². The Balaban J connectivity index is 2.02. The molecule has 0 N–H and O–H groups in total. The van der Waals surface area contributed by atoms with Crippen molar-refractivity contribution in [3.63, 3.8) is 0 Å². The van der Waals surface area contributed by atoms with Crippen LogP contribution in [0.2, 0.25) is 0 Å². The molecule has 0 aliphatic heterocycles. The van der Waals surface area contributed by atoms with Crippen LogP contribution in [0.25, 0.3) is 6.08 Å². The van der Waals surface area contributed by atoms with E-state index in [1.54, 1.807) is 20.3 Å². The van der Waals surface area contributed by atoms with Crippen LogP contribution in [0, 0.1) is 11.3 Å². The van der Waals surface area contributed by atoms with Crippen LogP contribution in [-0.2, 0) is 0 Å². The first-order valence-electron chi connectivity index (χ1n) is 8.49. The number of allylic oxidation sites excluding steroid dienone is 1. The number of rotatable bonds is 6. The molecule has 0 atom stereocenters. The highest BCUT2D eigenvalue weighted by atomic mass is 16.5.